The van der Waals surface area contributed by atoms with E-state index in [4.69, 9.17) is 0 Å². The van der Waals surface area contributed by atoms with Gasteiger partial charge in [0.25, 0.3) is 0 Å². The summed E-state index contributed by atoms with van der Waals surface area (Å²) in [5, 5.41) is 3.79. The van der Waals surface area contributed by atoms with Gasteiger partial charge in [-0.3, -0.25) is 0 Å². The summed E-state index contributed by atoms with van der Waals surface area (Å²) in [5.41, 5.74) is 3.44. The summed E-state index contributed by atoms with van der Waals surface area (Å²) in [5.74, 6) is 2.73. The first-order chi connectivity index (χ1) is 18.1. The lowest BCUT2D eigenvalue weighted by Gasteiger charge is -2.49. The van der Waals surface area contributed by atoms with Crippen LogP contribution in [0, 0.1) is 23.2 Å². The highest BCUT2D eigenvalue weighted by molar-refractivity contribution is 5.25. The Hall–Kier alpha value is -0.800. The molecule has 3 heteroatoms. The minimum atomic E-state index is 0.542. The van der Waals surface area contributed by atoms with Crippen molar-refractivity contribution in [1.82, 2.24) is 15.1 Å². The third-order valence-electron chi connectivity index (χ3n) is 11.2. The molecule has 0 aromatic heterocycles. The van der Waals surface area contributed by atoms with Gasteiger partial charge in [0.1, 0.15) is 0 Å². The number of rotatable bonds is 11. The maximum absolute atomic E-state index is 4.42. The molecule has 0 aromatic carbocycles. The first-order valence-electron chi connectivity index (χ1n) is 16.6. The van der Waals surface area contributed by atoms with Gasteiger partial charge in [0, 0.05) is 23.8 Å². The van der Waals surface area contributed by atoms with Gasteiger partial charge in [0.05, 0.1) is 0 Å². The van der Waals surface area contributed by atoms with Gasteiger partial charge in [-0.1, -0.05) is 51.3 Å². The molecule has 0 aromatic rings. The zero-order chi connectivity index (χ0) is 27.7. The smallest absolute Gasteiger partial charge is 0.0258 e. The van der Waals surface area contributed by atoms with E-state index in [2.05, 4.69) is 76.7 Å². The Morgan fingerprint density at radius 2 is 1.47 bits per heavy atom. The molecule has 1 N–H and O–H groups in total. The molecule has 0 radical (unpaired) electrons. The number of nitrogens with one attached hydrogen (secondary N) is 1. The Morgan fingerprint density at radius 3 is 1.95 bits per heavy atom. The van der Waals surface area contributed by atoms with Crippen molar-refractivity contribution in [2.75, 3.05) is 28.2 Å². The van der Waals surface area contributed by atoms with Crippen molar-refractivity contribution in [2.24, 2.45) is 23.2 Å². The largest absolute Gasteiger partial charge is 0.386 e. The van der Waals surface area contributed by atoms with Gasteiger partial charge in [-0.25, -0.2) is 0 Å². The number of nitrogens with zero attached hydrogens (tertiary/aromatic N) is 2. The number of hydrogen-bond acceptors (Lipinski definition) is 3. The van der Waals surface area contributed by atoms with E-state index in [1.807, 2.05) is 0 Å². The van der Waals surface area contributed by atoms with E-state index < -0.39 is 0 Å². The Bertz CT molecular complexity index is 715. The lowest BCUT2D eigenvalue weighted by Crippen LogP contribution is -2.43. The second-order valence-corrected chi connectivity index (χ2v) is 14.4. The van der Waals surface area contributed by atoms with Gasteiger partial charge in [-0.15, -0.1) is 0 Å². The average molecular weight is 528 g/mol. The fourth-order valence-corrected chi connectivity index (χ4v) is 8.17. The monoisotopic (exact) mass is 528 g/mol. The van der Waals surface area contributed by atoms with E-state index in [0.29, 0.717) is 11.5 Å². The first kappa shape index (κ1) is 31.7. The maximum atomic E-state index is 4.42. The van der Waals surface area contributed by atoms with E-state index in [1.54, 1.807) is 5.57 Å². The number of hydrogen-bond donors (Lipinski definition) is 1. The van der Waals surface area contributed by atoms with Gasteiger partial charge in [-0.05, 0) is 148 Å². The molecule has 0 spiro atoms. The Morgan fingerprint density at radius 1 is 0.921 bits per heavy atom. The second-order valence-electron chi connectivity index (χ2n) is 14.4. The highest BCUT2D eigenvalue weighted by Crippen LogP contribution is 2.51. The average Bonchev–Trinajstić information content (AvgIpc) is 3.63. The third kappa shape index (κ3) is 9.69. The predicted octanol–water partition coefficient (Wildman–Crippen LogP) is 8.81. The van der Waals surface area contributed by atoms with Crippen molar-refractivity contribution in [1.29, 1.82) is 0 Å². The van der Waals surface area contributed by atoms with Crippen LogP contribution < -0.4 is 5.32 Å². The van der Waals surface area contributed by atoms with Crippen LogP contribution in [0.5, 0.6) is 0 Å². The molecular formula is C35H65N3. The van der Waals surface area contributed by atoms with E-state index >= 15 is 0 Å². The molecular weight excluding hydrogens is 462 g/mol. The van der Waals surface area contributed by atoms with Crippen molar-refractivity contribution in [2.45, 2.75) is 148 Å². The molecule has 4 aliphatic carbocycles. The van der Waals surface area contributed by atoms with E-state index in [0.717, 1.165) is 29.8 Å². The van der Waals surface area contributed by atoms with Gasteiger partial charge < -0.3 is 15.1 Å². The van der Waals surface area contributed by atoms with Crippen LogP contribution in [0.25, 0.3) is 0 Å². The van der Waals surface area contributed by atoms with Crippen LogP contribution in [-0.4, -0.2) is 56.1 Å². The summed E-state index contributed by atoms with van der Waals surface area (Å²) in [7, 11) is 9.10. The summed E-state index contributed by atoms with van der Waals surface area (Å²) in [6.07, 6.45) is 25.8. The van der Waals surface area contributed by atoms with Gasteiger partial charge in [0.2, 0.25) is 0 Å². The molecule has 3 fully saturated rings. The SMILES string of the molecule is C=C(CCCC(C1CCC(N(C)C)CC1)C1(C)CCC(N(C)C)CC1)NC1CCCCC1.CCC1C=C1C. The summed E-state index contributed by atoms with van der Waals surface area (Å²) < 4.78 is 0. The van der Waals surface area contributed by atoms with E-state index in [9.17, 15) is 0 Å². The molecule has 0 aliphatic heterocycles. The molecule has 3 nitrogen and oxygen atoms in total. The van der Waals surface area contributed by atoms with Gasteiger partial charge >= 0.3 is 0 Å². The molecule has 4 aliphatic rings. The van der Waals surface area contributed by atoms with Crippen molar-refractivity contribution in [3.8, 4) is 0 Å². The highest BCUT2D eigenvalue weighted by atomic mass is 15.1. The zero-order valence-corrected chi connectivity index (χ0v) is 26.7. The highest BCUT2D eigenvalue weighted by Gasteiger charge is 2.42. The molecule has 0 bridgehead atoms. The quantitative estimate of drug-likeness (QED) is 0.271. The maximum Gasteiger partial charge on any atom is 0.0258 e. The lowest BCUT2D eigenvalue weighted by atomic mass is 9.58. The minimum Gasteiger partial charge on any atom is -0.386 e. The third-order valence-corrected chi connectivity index (χ3v) is 11.2. The summed E-state index contributed by atoms with van der Waals surface area (Å²) in [4.78, 5) is 4.94. The molecule has 0 saturated heterocycles. The van der Waals surface area contributed by atoms with Crippen LogP contribution in [0.15, 0.2) is 23.9 Å². The summed E-state index contributed by atoms with van der Waals surface area (Å²) in [6, 6.07) is 2.31. The van der Waals surface area contributed by atoms with E-state index in [-0.39, 0.29) is 0 Å². The molecule has 38 heavy (non-hydrogen) atoms. The van der Waals surface area contributed by atoms with Crippen LogP contribution in [0.4, 0.5) is 0 Å². The van der Waals surface area contributed by atoms with Crippen LogP contribution >= 0.6 is 0 Å². The number of allylic oxidation sites excluding steroid dienone is 3. The first-order valence-corrected chi connectivity index (χ1v) is 16.6. The Balaban J connectivity index is 0.000000585. The van der Waals surface area contributed by atoms with Crippen molar-refractivity contribution in [3.05, 3.63) is 23.9 Å². The van der Waals surface area contributed by atoms with Gasteiger partial charge in [-0.2, -0.15) is 0 Å². The van der Waals surface area contributed by atoms with Crippen molar-refractivity contribution >= 4 is 0 Å². The molecule has 0 heterocycles. The van der Waals surface area contributed by atoms with E-state index in [1.165, 1.54) is 115 Å². The molecule has 220 valence electrons. The standard InChI is InChI=1S/C29H55N3.C6H10/c1-23(30-25-12-8-7-9-13-25)11-10-14-28(24-15-17-26(18-16-24)31(3)4)29(2)21-19-27(20-22-29)32(5)6;1-3-6-4-5(6)2/h24-28,30H,1,7-22H2,2-6H3;4,6H,3H2,1-2H3. The minimum absolute atomic E-state index is 0.542. The van der Waals surface area contributed by atoms with Crippen LogP contribution in [0.3, 0.4) is 0 Å². The Kier molecular flexibility index (Phi) is 12.7. The van der Waals surface area contributed by atoms with Crippen LogP contribution in [-0.2, 0) is 0 Å². The summed E-state index contributed by atoms with van der Waals surface area (Å²) >= 11 is 0. The molecule has 2 unspecified atom stereocenters. The van der Waals surface area contributed by atoms with Crippen molar-refractivity contribution < 1.29 is 0 Å². The fraction of sp³-hybridized carbons (Fsp3) is 0.886. The summed E-state index contributed by atoms with van der Waals surface area (Å²) in [6.45, 7) is 11.5. The lowest BCUT2D eigenvalue weighted by molar-refractivity contribution is 0.0167. The molecule has 2 atom stereocenters. The fourth-order valence-electron chi connectivity index (χ4n) is 8.17. The topological polar surface area (TPSA) is 18.5 Å². The molecule has 0 amide bonds. The normalized spacial score (nSPS) is 32.8. The van der Waals surface area contributed by atoms with Crippen molar-refractivity contribution in [3.63, 3.8) is 0 Å². The Labute approximate surface area is 238 Å². The van der Waals surface area contributed by atoms with Gasteiger partial charge in [0.15, 0.2) is 0 Å². The zero-order valence-electron chi connectivity index (χ0n) is 26.7. The molecule has 3 saturated carbocycles. The predicted molar refractivity (Wildman–Crippen MR) is 168 cm³/mol. The molecule has 4 rings (SSSR count). The van der Waals surface area contributed by atoms with Crippen LogP contribution in [0.1, 0.15) is 130 Å². The second kappa shape index (κ2) is 15.3. The van der Waals surface area contributed by atoms with Crippen LogP contribution in [0.2, 0.25) is 0 Å².